The van der Waals surface area contributed by atoms with Crippen molar-refractivity contribution in [2.45, 2.75) is 13.3 Å². The molecule has 7 heavy (non-hydrogen) atoms. The van der Waals surface area contributed by atoms with Crippen molar-refractivity contribution >= 4 is 20.6 Å². The number of hydrogen-bond donors (Lipinski definition) is 0. The Bertz CT molecular complexity index is 36.1. The molecular weight excluding hydrogens is 130 g/mol. The van der Waals surface area contributed by atoms with Crippen molar-refractivity contribution in [2.24, 2.45) is 5.18 Å². The normalized spacial score (nSPS) is 6.57. The van der Waals surface area contributed by atoms with E-state index in [1.807, 2.05) is 6.92 Å². The second kappa shape index (κ2) is 16.5. The highest BCUT2D eigenvalue weighted by molar-refractivity contribution is 6.80. The second-order valence-corrected chi connectivity index (χ2v) is 0.853. The smallest absolute Gasteiger partial charge is 0.109 e. The van der Waals surface area contributed by atoms with Crippen LogP contribution in [0.2, 0.25) is 0 Å². The molecule has 0 fully saturated rings. The summed E-state index contributed by atoms with van der Waals surface area (Å²) in [5.41, 5.74) is 0. The van der Waals surface area contributed by atoms with Gasteiger partial charge < -0.3 is 0 Å². The van der Waals surface area contributed by atoms with Crippen molar-refractivity contribution in [3.05, 3.63) is 4.91 Å². The van der Waals surface area contributed by atoms with Crippen molar-refractivity contribution in [1.82, 2.24) is 0 Å². The van der Waals surface area contributed by atoms with E-state index in [1.54, 1.807) is 0 Å². The highest BCUT2D eigenvalue weighted by Gasteiger charge is 1.66. The molecule has 2 nitrogen and oxygen atoms in total. The molecule has 4 heteroatoms. The van der Waals surface area contributed by atoms with Crippen LogP contribution in [-0.4, -0.2) is 16.1 Å². The molecule has 44 valence electrons. The maximum Gasteiger partial charge on any atom is 0.109 e. The number of rotatable bonds is 2. The number of hydrogen-bond acceptors (Lipinski definition) is 2. The second-order valence-electron chi connectivity index (χ2n) is 0.853. The van der Waals surface area contributed by atoms with Crippen LogP contribution < -0.4 is 0 Å². The molecule has 0 atom stereocenters. The molecule has 0 saturated carbocycles. The van der Waals surface area contributed by atoms with Crippen LogP contribution in [0, 0.1) is 4.91 Å². The number of nitroso groups, excluding NO2 is 1. The molecule has 0 saturated heterocycles. The van der Waals surface area contributed by atoms with E-state index in [-0.39, 0.29) is 0 Å². The lowest BCUT2D eigenvalue weighted by molar-refractivity contribution is 0.925. The third-order valence-electron chi connectivity index (χ3n) is 0.315. The zero-order valence-electron chi connectivity index (χ0n) is 4.65. The molecule has 0 aliphatic carbocycles. The van der Waals surface area contributed by atoms with E-state index in [0.29, 0.717) is 6.54 Å². The summed E-state index contributed by atoms with van der Waals surface area (Å²) in [5.74, 6) is 0. The summed E-state index contributed by atoms with van der Waals surface area (Å²) in [7, 11) is 0.778. The summed E-state index contributed by atoms with van der Waals surface area (Å²) in [6.45, 7) is 2.38. The van der Waals surface area contributed by atoms with Crippen molar-refractivity contribution in [3.8, 4) is 0 Å². The molecule has 0 amide bonds. The largest absolute Gasteiger partial charge is 0.181 e. The summed E-state index contributed by atoms with van der Waals surface area (Å²) in [6, 6.07) is 0. The first-order chi connectivity index (χ1) is 3.41. The van der Waals surface area contributed by atoms with Crippen molar-refractivity contribution in [2.75, 3.05) is 6.54 Å². The van der Waals surface area contributed by atoms with Gasteiger partial charge in [-0.25, -0.2) is 0 Å². The van der Waals surface area contributed by atoms with Gasteiger partial charge in [0, 0.05) is 0 Å². The van der Waals surface area contributed by atoms with E-state index >= 15 is 0 Å². The lowest BCUT2D eigenvalue weighted by Crippen LogP contribution is -1.65. The fourth-order valence-electron chi connectivity index (χ4n) is 0.0913. The zero-order valence-corrected chi connectivity index (χ0v) is 7.40. The molecular formula is C3H10ClNOSi. The van der Waals surface area contributed by atoms with E-state index in [4.69, 9.17) is 16.0 Å². The predicted molar refractivity (Wildman–Crippen MR) is 36.7 cm³/mol. The third kappa shape index (κ3) is 23.2. The van der Waals surface area contributed by atoms with Crippen LogP contribution in [0.3, 0.4) is 0 Å². The Balaban J connectivity index is 0. The van der Waals surface area contributed by atoms with Gasteiger partial charge in [-0.3, -0.25) is 0 Å². The first kappa shape index (κ1) is 10.2. The maximum atomic E-state index is 9.15. The average molecular weight is 140 g/mol. The molecule has 0 N–H and O–H groups in total. The van der Waals surface area contributed by atoms with E-state index < -0.39 is 0 Å². The monoisotopic (exact) mass is 139 g/mol. The van der Waals surface area contributed by atoms with Gasteiger partial charge in [0.15, 0.2) is 0 Å². The highest BCUT2D eigenvalue weighted by Crippen LogP contribution is 1.71. The van der Waals surface area contributed by atoms with Crippen LogP contribution in [0.4, 0.5) is 0 Å². The fourth-order valence-corrected chi connectivity index (χ4v) is 0.0913. The van der Waals surface area contributed by atoms with Gasteiger partial charge in [-0.05, 0) is 6.42 Å². The topological polar surface area (TPSA) is 29.4 Å². The molecule has 0 rings (SSSR count). The standard InChI is InChI=1S/C3H7NO.ClH3Si/c1-2-3-4-5;1-2/h2-3H2,1H3;2H3. The Labute approximate surface area is 51.3 Å². The minimum Gasteiger partial charge on any atom is -0.181 e. The maximum absolute atomic E-state index is 9.15. The Morgan fingerprint density at radius 1 is 1.71 bits per heavy atom. The van der Waals surface area contributed by atoms with E-state index in [0.717, 1.165) is 16.0 Å². The highest BCUT2D eigenvalue weighted by atomic mass is 35.6. The van der Waals surface area contributed by atoms with Gasteiger partial charge in [0.1, 0.15) is 9.55 Å². The van der Waals surface area contributed by atoms with Gasteiger partial charge >= 0.3 is 0 Å². The van der Waals surface area contributed by atoms with Gasteiger partial charge in [0.05, 0.1) is 6.54 Å². The van der Waals surface area contributed by atoms with E-state index in [1.165, 1.54) is 0 Å². The Morgan fingerprint density at radius 3 is 2.14 bits per heavy atom. The Morgan fingerprint density at radius 2 is 2.14 bits per heavy atom. The Kier molecular flexibility index (Phi) is 24.0. The predicted octanol–water partition coefficient (Wildman–Crippen LogP) is 0.668. The van der Waals surface area contributed by atoms with Crippen LogP contribution >= 0.6 is 11.1 Å². The van der Waals surface area contributed by atoms with Gasteiger partial charge in [-0.2, -0.15) is 16.0 Å². The summed E-state index contributed by atoms with van der Waals surface area (Å²) < 4.78 is 0. The van der Waals surface area contributed by atoms with Gasteiger partial charge in [0.2, 0.25) is 0 Å². The van der Waals surface area contributed by atoms with E-state index in [9.17, 15) is 0 Å². The molecule has 0 aliphatic heterocycles. The minimum atomic E-state index is 0.458. The molecule has 0 unspecified atom stereocenters. The van der Waals surface area contributed by atoms with Crippen LogP contribution in [0.5, 0.6) is 0 Å². The molecule has 0 aromatic heterocycles. The van der Waals surface area contributed by atoms with Crippen molar-refractivity contribution in [3.63, 3.8) is 0 Å². The van der Waals surface area contributed by atoms with Crippen LogP contribution in [0.25, 0.3) is 0 Å². The van der Waals surface area contributed by atoms with Crippen LogP contribution in [-0.2, 0) is 0 Å². The molecule has 0 aromatic carbocycles. The molecule has 0 radical (unpaired) electrons. The summed E-state index contributed by atoms with van der Waals surface area (Å²) in [5, 5.41) is 2.60. The number of halogens is 1. The quantitative estimate of drug-likeness (QED) is 0.314. The summed E-state index contributed by atoms with van der Waals surface area (Å²) in [6.07, 6.45) is 0.865. The van der Waals surface area contributed by atoms with Crippen molar-refractivity contribution in [1.29, 1.82) is 0 Å². The third-order valence-corrected chi connectivity index (χ3v) is 0.315. The molecule has 0 heterocycles. The SMILES string of the molecule is CCCN=O.[SiH3]Cl. The van der Waals surface area contributed by atoms with E-state index in [2.05, 4.69) is 5.18 Å². The molecule has 0 aromatic rings. The lowest BCUT2D eigenvalue weighted by Gasteiger charge is -1.68. The number of nitrogens with zero attached hydrogens (tertiary/aromatic N) is 1. The molecule has 0 aliphatic rings. The lowest BCUT2D eigenvalue weighted by atomic mass is 10.5. The van der Waals surface area contributed by atoms with Gasteiger partial charge in [-0.1, -0.05) is 12.1 Å². The first-order valence-corrected chi connectivity index (χ1v) is 5.11. The molecule has 0 spiro atoms. The fraction of sp³-hybridized carbons (Fsp3) is 1.00. The van der Waals surface area contributed by atoms with Crippen LogP contribution in [0.1, 0.15) is 13.3 Å². The average Bonchev–Trinajstić information content (AvgIpc) is 1.75. The van der Waals surface area contributed by atoms with Crippen molar-refractivity contribution < 1.29 is 0 Å². The summed E-state index contributed by atoms with van der Waals surface area (Å²) in [4.78, 5) is 9.15. The minimum absolute atomic E-state index is 0.458. The van der Waals surface area contributed by atoms with Gasteiger partial charge in [-0.15, -0.1) is 0 Å². The molecule has 0 bridgehead atoms. The summed E-state index contributed by atoms with van der Waals surface area (Å²) >= 11 is 4.78. The zero-order chi connectivity index (χ0) is 6.12. The first-order valence-electron chi connectivity index (χ1n) is 2.08. The van der Waals surface area contributed by atoms with Crippen LogP contribution in [0.15, 0.2) is 5.18 Å². The van der Waals surface area contributed by atoms with Gasteiger partial charge in [0.25, 0.3) is 0 Å². The Hall–Kier alpha value is 0.107.